The van der Waals surface area contributed by atoms with E-state index in [1.165, 1.54) is 0 Å². The molecule has 0 rings (SSSR count). The van der Waals surface area contributed by atoms with Gasteiger partial charge in [0.2, 0.25) is 0 Å². The van der Waals surface area contributed by atoms with E-state index in [2.05, 4.69) is 25.3 Å². The van der Waals surface area contributed by atoms with Crippen molar-refractivity contribution < 1.29 is 47.5 Å². The standard InChI is InChI=1S/2C5H11NO2S.Hg.H2S/c2*1-5(2,9)3(6)4(7)8;;/h2*3,9H,6H2,1-2H3,(H,7,8);;1H2/t2*3-;;/m11../s1. The Kier molecular flexibility index (Phi) is 16.5. The predicted octanol–water partition coefficient (Wildman–Crippen LogP) is 0.324. The SMILES string of the molecule is CC(C)(S)[C@H](N)C(=O)O.CC(C)(S)[C@H](N)C(=O)O.S.[Hg]. The van der Waals surface area contributed by atoms with Gasteiger partial charge in [0, 0.05) is 37.2 Å². The first-order valence-electron chi connectivity index (χ1n) is 5.12. The van der Waals surface area contributed by atoms with Gasteiger partial charge in [-0.3, -0.25) is 9.59 Å². The van der Waals surface area contributed by atoms with Crippen LogP contribution in [0.3, 0.4) is 0 Å². The maximum Gasteiger partial charge on any atom is 0.321 e. The van der Waals surface area contributed by atoms with Crippen LogP contribution in [0.1, 0.15) is 27.7 Å². The van der Waals surface area contributed by atoms with Gasteiger partial charge in [-0.05, 0) is 27.7 Å². The fourth-order valence-corrected chi connectivity index (χ4v) is 0.825. The van der Waals surface area contributed by atoms with Crippen molar-refractivity contribution in [3.63, 3.8) is 0 Å². The van der Waals surface area contributed by atoms with Crippen LogP contribution in [0.2, 0.25) is 0 Å². The van der Waals surface area contributed by atoms with Crippen LogP contribution in [0, 0.1) is 0 Å². The number of hydrogen-bond acceptors (Lipinski definition) is 6. The van der Waals surface area contributed by atoms with Crippen LogP contribution in [0.5, 0.6) is 0 Å². The minimum absolute atomic E-state index is 0. The second-order valence-corrected chi connectivity index (χ2v) is 7.24. The van der Waals surface area contributed by atoms with Gasteiger partial charge in [0.1, 0.15) is 12.1 Å². The Labute approximate surface area is 158 Å². The van der Waals surface area contributed by atoms with Crippen LogP contribution < -0.4 is 11.5 Å². The molecule has 0 amide bonds. The first kappa shape index (κ1) is 28.9. The molecule has 0 bridgehead atoms. The van der Waals surface area contributed by atoms with Crippen molar-refractivity contribution >= 4 is 50.7 Å². The molecule has 10 heteroatoms. The van der Waals surface area contributed by atoms with E-state index in [0.717, 1.165) is 0 Å². The molecule has 0 aromatic rings. The Morgan fingerprint density at radius 1 is 0.900 bits per heavy atom. The van der Waals surface area contributed by atoms with E-state index in [9.17, 15) is 9.59 Å². The number of hydrogen-bond donors (Lipinski definition) is 6. The van der Waals surface area contributed by atoms with Gasteiger partial charge >= 0.3 is 11.9 Å². The molecule has 20 heavy (non-hydrogen) atoms. The van der Waals surface area contributed by atoms with Gasteiger partial charge in [-0.25, -0.2) is 0 Å². The van der Waals surface area contributed by atoms with E-state index >= 15 is 0 Å². The molecule has 0 heterocycles. The zero-order valence-corrected chi connectivity index (χ0v) is 20.4. The molecular weight excluding hydrogens is 509 g/mol. The minimum Gasteiger partial charge on any atom is -0.480 e. The second kappa shape index (κ2) is 11.4. The molecule has 0 aromatic heterocycles. The van der Waals surface area contributed by atoms with Crippen LogP contribution in [0.15, 0.2) is 0 Å². The Morgan fingerprint density at radius 3 is 1.05 bits per heavy atom. The van der Waals surface area contributed by atoms with Gasteiger partial charge in [-0.2, -0.15) is 38.8 Å². The Balaban J connectivity index is -0.000000116. The number of carboxylic acids is 2. The second-order valence-electron chi connectivity index (χ2n) is 4.94. The summed E-state index contributed by atoms with van der Waals surface area (Å²) in [6.45, 7) is 6.65. The van der Waals surface area contributed by atoms with Crippen LogP contribution in [0.4, 0.5) is 0 Å². The van der Waals surface area contributed by atoms with E-state index in [1.807, 2.05) is 0 Å². The third-order valence-corrected chi connectivity index (χ3v) is 2.61. The van der Waals surface area contributed by atoms with Gasteiger partial charge in [-0.15, -0.1) is 0 Å². The normalized spacial score (nSPS) is 13.6. The van der Waals surface area contributed by atoms with Crippen LogP contribution in [-0.4, -0.2) is 43.7 Å². The summed E-state index contributed by atoms with van der Waals surface area (Å²) in [4.78, 5) is 20.3. The summed E-state index contributed by atoms with van der Waals surface area (Å²) < 4.78 is -1.29. The zero-order chi connectivity index (χ0) is 15.3. The maximum atomic E-state index is 10.2. The van der Waals surface area contributed by atoms with Crippen molar-refractivity contribution in [1.29, 1.82) is 0 Å². The molecule has 0 aliphatic rings. The topological polar surface area (TPSA) is 127 Å². The zero-order valence-electron chi connectivity index (χ0n) is 12.1. The van der Waals surface area contributed by atoms with Gasteiger partial charge in [0.05, 0.1) is 0 Å². The van der Waals surface area contributed by atoms with E-state index in [-0.39, 0.29) is 41.2 Å². The monoisotopic (exact) mass is 534 g/mol. The van der Waals surface area contributed by atoms with Crippen molar-refractivity contribution in [2.45, 2.75) is 49.3 Å². The van der Waals surface area contributed by atoms with Crippen molar-refractivity contribution in [2.24, 2.45) is 11.5 Å². The van der Waals surface area contributed by atoms with Gasteiger partial charge in [0.15, 0.2) is 0 Å². The molecule has 0 fully saturated rings. The van der Waals surface area contributed by atoms with Crippen LogP contribution >= 0.6 is 38.8 Å². The number of thiol groups is 2. The molecule has 6 N–H and O–H groups in total. The number of carbonyl (C=O) groups is 2. The van der Waals surface area contributed by atoms with Crippen molar-refractivity contribution in [1.82, 2.24) is 0 Å². The van der Waals surface area contributed by atoms with Gasteiger partial charge in [0.25, 0.3) is 0 Å². The summed E-state index contributed by atoms with van der Waals surface area (Å²) in [5.74, 6) is -2.04. The fourth-order valence-electron chi connectivity index (χ4n) is 0.604. The Bertz CT molecular complexity index is 276. The summed E-state index contributed by atoms with van der Waals surface area (Å²) in [5.41, 5.74) is 10.4. The molecule has 2 atom stereocenters. The summed E-state index contributed by atoms with van der Waals surface area (Å²) in [5, 5.41) is 16.7. The first-order valence-corrected chi connectivity index (χ1v) is 6.02. The van der Waals surface area contributed by atoms with Gasteiger partial charge in [-0.1, -0.05) is 0 Å². The summed E-state index contributed by atoms with van der Waals surface area (Å²) in [6.07, 6.45) is 0. The van der Waals surface area contributed by atoms with Crippen LogP contribution in [-0.2, 0) is 37.3 Å². The van der Waals surface area contributed by atoms with Crippen molar-refractivity contribution in [3.8, 4) is 0 Å². The van der Waals surface area contributed by atoms with E-state index in [1.54, 1.807) is 27.7 Å². The quantitative estimate of drug-likeness (QED) is 0.229. The molecule has 0 saturated carbocycles. The summed E-state index contributed by atoms with van der Waals surface area (Å²) in [6, 6.07) is -1.80. The molecule has 6 nitrogen and oxygen atoms in total. The van der Waals surface area contributed by atoms with Gasteiger partial charge < -0.3 is 21.7 Å². The smallest absolute Gasteiger partial charge is 0.321 e. The van der Waals surface area contributed by atoms with E-state index in [0.29, 0.717) is 0 Å². The molecule has 0 saturated heterocycles. The molecule has 0 aromatic carbocycles. The average Bonchev–Trinajstić information content (AvgIpc) is 2.13. The number of rotatable bonds is 4. The van der Waals surface area contributed by atoms with Crippen molar-refractivity contribution in [2.75, 3.05) is 0 Å². The summed E-state index contributed by atoms with van der Waals surface area (Å²) in [7, 11) is 0. The first-order chi connectivity index (χ1) is 7.71. The molecule has 0 aliphatic heterocycles. The Hall–Kier alpha value is 0.845. The number of aliphatic carboxylic acids is 2. The van der Waals surface area contributed by atoms with Crippen molar-refractivity contribution in [3.05, 3.63) is 0 Å². The molecule has 0 unspecified atom stereocenters. The average molecular weight is 533 g/mol. The molecule has 0 aliphatic carbocycles. The molecule has 0 spiro atoms. The largest absolute Gasteiger partial charge is 0.480 e. The Morgan fingerprint density at radius 2 is 1.05 bits per heavy atom. The number of nitrogens with two attached hydrogens (primary N) is 2. The third-order valence-electron chi connectivity index (χ3n) is 2.05. The number of carboxylic acid groups (broad SMARTS) is 2. The van der Waals surface area contributed by atoms with Crippen LogP contribution in [0.25, 0.3) is 0 Å². The molecule has 0 radical (unpaired) electrons. The maximum absolute atomic E-state index is 10.2. The fraction of sp³-hybridized carbons (Fsp3) is 0.800. The molecule has 118 valence electrons. The summed E-state index contributed by atoms with van der Waals surface area (Å²) >= 11 is 7.97. The predicted molar refractivity (Wildman–Crippen MR) is 87.7 cm³/mol. The van der Waals surface area contributed by atoms with E-state index in [4.69, 9.17) is 21.7 Å². The minimum atomic E-state index is -1.02. The van der Waals surface area contributed by atoms with E-state index < -0.39 is 33.5 Å². The molecular formula is C10H24HgN2O4S3. The third kappa shape index (κ3) is 13.8.